The van der Waals surface area contributed by atoms with E-state index in [4.69, 9.17) is 10.2 Å². The van der Waals surface area contributed by atoms with Gasteiger partial charge >= 0.3 is 0 Å². The van der Waals surface area contributed by atoms with Gasteiger partial charge in [0.15, 0.2) is 10.9 Å². The number of rotatable bonds is 2. The smallest absolute Gasteiger partial charge is 0.180 e. The highest BCUT2D eigenvalue weighted by Gasteiger charge is 2.15. The molecule has 0 unspecified atom stereocenters. The molecule has 0 fully saturated rings. The van der Waals surface area contributed by atoms with Crippen molar-refractivity contribution < 1.29 is 4.42 Å². The Hall–Kier alpha value is -1.81. The molecular weight excluding hydrogens is 232 g/mol. The molecule has 3 rings (SSSR count). The van der Waals surface area contributed by atoms with Crippen molar-refractivity contribution in [1.82, 2.24) is 4.98 Å². The van der Waals surface area contributed by atoms with Crippen LogP contribution in [0.2, 0.25) is 0 Å². The fourth-order valence-electron chi connectivity index (χ4n) is 2.05. The van der Waals surface area contributed by atoms with Crippen molar-refractivity contribution in [2.45, 2.75) is 13.3 Å². The second kappa shape index (κ2) is 3.89. The quantitative estimate of drug-likeness (QED) is 0.747. The van der Waals surface area contributed by atoms with Gasteiger partial charge in [-0.05, 0) is 12.5 Å². The van der Waals surface area contributed by atoms with E-state index >= 15 is 0 Å². The first kappa shape index (κ1) is 10.4. The summed E-state index contributed by atoms with van der Waals surface area (Å²) in [4.78, 5) is 4.29. The SMILES string of the molecule is CCc1c(-c2csc(N)n2)oc2ccccc12. The Morgan fingerprint density at radius 1 is 1.35 bits per heavy atom. The van der Waals surface area contributed by atoms with Crippen LogP contribution in [0.1, 0.15) is 12.5 Å². The largest absolute Gasteiger partial charge is 0.454 e. The van der Waals surface area contributed by atoms with Crippen LogP contribution in [-0.2, 0) is 6.42 Å². The lowest BCUT2D eigenvalue weighted by Gasteiger charge is -1.95. The van der Waals surface area contributed by atoms with Gasteiger partial charge in [0.2, 0.25) is 0 Å². The first-order chi connectivity index (χ1) is 8.29. The lowest BCUT2D eigenvalue weighted by atomic mass is 10.1. The third kappa shape index (κ3) is 1.61. The van der Waals surface area contributed by atoms with E-state index in [0.717, 1.165) is 28.8 Å². The Morgan fingerprint density at radius 2 is 2.18 bits per heavy atom. The lowest BCUT2D eigenvalue weighted by Crippen LogP contribution is -1.85. The number of aromatic nitrogens is 1. The molecule has 0 saturated carbocycles. The molecule has 3 nitrogen and oxygen atoms in total. The predicted octanol–water partition coefficient (Wildman–Crippen LogP) is 3.70. The summed E-state index contributed by atoms with van der Waals surface area (Å²) in [6.45, 7) is 2.12. The molecule has 3 aromatic rings. The Bertz CT molecular complexity index is 669. The highest BCUT2D eigenvalue weighted by molar-refractivity contribution is 7.13. The Morgan fingerprint density at radius 3 is 2.88 bits per heavy atom. The van der Waals surface area contributed by atoms with Crippen LogP contribution in [0.5, 0.6) is 0 Å². The molecular formula is C13H12N2OS. The van der Waals surface area contributed by atoms with Gasteiger partial charge in [-0.25, -0.2) is 4.98 Å². The van der Waals surface area contributed by atoms with Crippen LogP contribution in [0, 0.1) is 0 Å². The Balaban J connectivity index is 2.29. The molecule has 4 heteroatoms. The monoisotopic (exact) mass is 244 g/mol. The molecule has 0 saturated heterocycles. The summed E-state index contributed by atoms with van der Waals surface area (Å²) in [6.07, 6.45) is 0.920. The normalized spacial score (nSPS) is 11.1. The van der Waals surface area contributed by atoms with E-state index in [1.54, 1.807) is 0 Å². The molecule has 0 atom stereocenters. The van der Waals surface area contributed by atoms with Crippen molar-refractivity contribution in [3.05, 3.63) is 35.2 Å². The number of nitrogens with zero attached hydrogens (tertiary/aromatic N) is 1. The van der Waals surface area contributed by atoms with Crippen LogP contribution in [0.15, 0.2) is 34.1 Å². The minimum absolute atomic E-state index is 0.572. The third-order valence-corrected chi connectivity index (χ3v) is 3.48. The Kier molecular flexibility index (Phi) is 2.37. The molecule has 0 aliphatic rings. The highest BCUT2D eigenvalue weighted by Crippen LogP contribution is 2.34. The maximum absolute atomic E-state index is 5.88. The third-order valence-electron chi connectivity index (χ3n) is 2.81. The standard InChI is InChI=1S/C13H12N2OS/c1-2-8-9-5-3-4-6-11(9)16-12(8)10-7-17-13(14)15-10/h3-7H,2H2,1H3,(H2,14,15). The summed E-state index contributed by atoms with van der Waals surface area (Å²) in [6, 6.07) is 8.06. The number of furan rings is 1. The molecule has 0 bridgehead atoms. The zero-order valence-electron chi connectivity index (χ0n) is 9.43. The Labute approximate surface area is 103 Å². The number of nitrogens with two attached hydrogens (primary N) is 1. The van der Waals surface area contributed by atoms with E-state index in [-0.39, 0.29) is 0 Å². The number of benzene rings is 1. The fraction of sp³-hybridized carbons (Fsp3) is 0.154. The average molecular weight is 244 g/mol. The molecule has 2 N–H and O–H groups in total. The summed E-state index contributed by atoms with van der Waals surface area (Å²) >= 11 is 1.44. The van der Waals surface area contributed by atoms with Crippen LogP contribution >= 0.6 is 11.3 Å². The van der Waals surface area contributed by atoms with Crippen molar-refractivity contribution >= 4 is 27.4 Å². The summed E-state index contributed by atoms with van der Waals surface area (Å²) in [5.41, 5.74) is 8.61. The van der Waals surface area contributed by atoms with Crippen LogP contribution in [-0.4, -0.2) is 4.98 Å². The predicted molar refractivity (Wildman–Crippen MR) is 71.1 cm³/mol. The van der Waals surface area contributed by atoms with E-state index in [1.807, 2.05) is 23.6 Å². The second-order valence-corrected chi connectivity index (χ2v) is 4.72. The molecule has 0 aliphatic carbocycles. The number of nitrogen functional groups attached to an aromatic ring is 1. The molecule has 0 spiro atoms. The van der Waals surface area contributed by atoms with Gasteiger partial charge in [-0.1, -0.05) is 25.1 Å². The number of fused-ring (bicyclic) bond motifs is 1. The van der Waals surface area contributed by atoms with Gasteiger partial charge < -0.3 is 10.2 Å². The first-order valence-corrected chi connectivity index (χ1v) is 6.39. The van der Waals surface area contributed by atoms with E-state index in [9.17, 15) is 0 Å². The summed E-state index contributed by atoms with van der Waals surface area (Å²) < 4.78 is 5.88. The number of para-hydroxylation sites is 1. The van der Waals surface area contributed by atoms with Crippen LogP contribution in [0.3, 0.4) is 0 Å². The molecule has 1 aromatic carbocycles. The minimum Gasteiger partial charge on any atom is -0.454 e. The van der Waals surface area contributed by atoms with E-state index in [1.165, 1.54) is 16.9 Å². The van der Waals surface area contributed by atoms with Gasteiger partial charge in [0.1, 0.15) is 11.3 Å². The second-order valence-electron chi connectivity index (χ2n) is 3.83. The van der Waals surface area contributed by atoms with E-state index in [2.05, 4.69) is 18.0 Å². The molecule has 0 amide bonds. The van der Waals surface area contributed by atoms with Crippen molar-refractivity contribution in [3.63, 3.8) is 0 Å². The van der Waals surface area contributed by atoms with Crippen LogP contribution < -0.4 is 5.73 Å². The molecule has 2 aromatic heterocycles. The van der Waals surface area contributed by atoms with Crippen molar-refractivity contribution in [2.24, 2.45) is 0 Å². The number of hydrogen-bond acceptors (Lipinski definition) is 4. The molecule has 0 aliphatic heterocycles. The topological polar surface area (TPSA) is 52.0 Å². The summed E-state index contributed by atoms with van der Waals surface area (Å²) in [5, 5.41) is 3.67. The number of aryl methyl sites for hydroxylation is 1. The number of hydrogen-bond donors (Lipinski definition) is 1. The fourth-order valence-corrected chi connectivity index (χ4v) is 2.59. The van der Waals surface area contributed by atoms with Crippen molar-refractivity contribution in [3.8, 4) is 11.5 Å². The maximum Gasteiger partial charge on any atom is 0.180 e. The van der Waals surface area contributed by atoms with Gasteiger partial charge in [-0.2, -0.15) is 0 Å². The zero-order valence-corrected chi connectivity index (χ0v) is 10.3. The molecule has 2 heterocycles. The summed E-state index contributed by atoms with van der Waals surface area (Å²) in [5.74, 6) is 0.849. The summed E-state index contributed by atoms with van der Waals surface area (Å²) in [7, 11) is 0. The maximum atomic E-state index is 5.88. The average Bonchev–Trinajstić information content (AvgIpc) is 2.91. The van der Waals surface area contributed by atoms with E-state index < -0.39 is 0 Å². The van der Waals surface area contributed by atoms with Gasteiger partial charge in [-0.3, -0.25) is 0 Å². The van der Waals surface area contributed by atoms with Gasteiger partial charge in [0.25, 0.3) is 0 Å². The lowest BCUT2D eigenvalue weighted by molar-refractivity contribution is 0.625. The molecule has 0 radical (unpaired) electrons. The van der Waals surface area contributed by atoms with Gasteiger partial charge in [-0.15, -0.1) is 11.3 Å². The van der Waals surface area contributed by atoms with E-state index in [0.29, 0.717) is 5.13 Å². The van der Waals surface area contributed by atoms with Crippen LogP contribution in [0.4, 0.5) is 5.13 Å². The van der Waals surface area contributed by atoms with Gasteiger partial charge in [0.05, 0.1) is 0 Å². The van der Waals surface area contributed by atoms with Gasteiger partial charge in [0, 0.05) is 16.3 Å². The zero-order chi connectivity index (χ0) is 11.8. The van der Waals surface area contributed by atoms with Crippen molar-refractivity contribution in [1.29, 1.82) is 0 Å². The number of anilines is 1. The van der Waals surface area contributed by atoms with Crippen molar-refractivity contribution in [2.75, 3.05) is 5.73 Å². The first-order valence-electron chi connectivity index (χ1n) is 5.51. The van der Waals surface area contributed by atoms with Crippen LogP contribution in [0.25, 0.3) is 22.4 Å². The molecule has 17 heavy (non-hydrogen) atoms. The number of thiazole rings is 1. The molecule has 86 valence electrons. The highest BCUT2D eigenvalue weighted by atomic mass is 32.1. The minimum atomic E-state index is 0.572.